The lowest BCUT2D eigenvalue weighted by molar-refractivity contribution is -0.118. The Kier molecular flexibility index (Phi) is 5.63. The lowest BCUT2D eigenvalue weighted by Gasteiger charge is -2.08. The van der Waals surface area contributed by atoms with E-state index in [2.05, 4.69) is 20.4 Å². The lowest BCUT2D eigenvalue weighted by atomic mass is 10.1. The summed E-state index contributed by atoms with van der Waals surface area (Å²) in [5, 5.41) is 7.64. The Labute approximate surface area is 178 Å². The van der Waals surface area contributed by atoms with Crippen molar-refractivity contribution in [3.8, 4) is 17.0 Å². The highest BCUT2D eigenvalue weighted by molar-refractivity contribution is 6.29. The van der Waals surface area contributed by atoms with Crippen molar-refractivity contribution >= 4 is 29.1 Å². The van der Waals surface area contributed by atoms with E-state index < -0.39 is 0 Å². The summed E-state index contributed by atoms with van der Waals surface area (Å²) in [6.45, 7) is 4.05. The average molecular weight is 422 g/mol. The van der Waals surface area contributed by atoms with Gasteiger partial charge in [-0.25, -0.2) is 9.50 Å². The van der Waals surface area contributed by atoms with E-state index in [9.17, 15) is 4.79 Å². The number of fused-ring (bicyclic) bond motifs is 1. The van der Waals surface area contributed by atoms with Crippen LogP contribution in [0.4, 0.5) is 5.95 Å². The van der Waals surface area contributed by atoms with E-state index in [4.69, 9.17) is 16.3 Å². The largest absolute Gasteiger partial charge is 0.489 e. The van der Waals surface area contributed by atoms with Crippen LogP contribution in [0.2, 0.25) is 5.15 Å². The minimum absolute atomic E-state index is 0.121. The third-order valence-corrected chi connectivity index (χ3v) is 4.69. The van der Waals surface area contributed by atoms with E-state index in [-0.39, 0.29) is 17.8 Å². The molecular weight excluding hydrogens is 402 g/mol. The first-order chi connectivity index (χ1) is 14.5. The van der Waals surface area contributed by atoms with Crippen molar-refractivity contribution in [3.63, 3.8) is 0 Å². The molecule has 0 aliphatic heterocycles. The number of pyridine rings is 2. The zero-order valence-corrected chi connectivity index (χ0v) is 17.3. The number of aromatic nitrogens is 4. The third kappa shape index (κ3) is 4.41. The van der Waals surface area contributed by atoms with Crippen molar-refractivity contribution in [2.45, 2.75) is 20.5 Å². The Hall–Kier alpha value is -3.45. The first-order valence-electron chi connectivity index (χ1n) is 9.50. The van der Waals surface area contributed by atoms with Gasteiger partial charge in [0.25, 0.3) is 0 Å². The molecule has 0 radical (unpaired) electrons. The molecule has 3 heterocycles. The van der Waals surface area contributed by atoms with Gasteiger partial charge in [-0.15, -0.1) is 5.10 Å². The van der Waals surface area contributed by atoms with Crippen LogP contribution in [0.3, 0.4) is 0 Å². The molecule has 152 valence electrons. The predicted octanol–water partition coefficient (Wildman–Crippen LogP) is 4.62. The molecule has 0 saturated heterocycles. The average Bonchev–Trinajstić information content (AvgIpc) is 3.16. The fourth-order valence-electron chi connectivity index (χ4n) is 2.81. The molecule has 0 unspecified atom stereocenters. The molecule has 0 saturated carbocycles. The van der Waals surface area contributed by atoms with E-state index in [1.54, 1.807) is 16.8 Å². The predicted molar refractivity (Wildman–Crippen MR) is 115 cm³/mol. The topological polar surface area (TPSA) is 81.4 Å². The minimum atomic E-state index is -0.146. The van der Waals surface area contributed by atoms with Gasteiger partial charge in [-0.1, -0.05) is 37.6 Å². The molecule has 0 aliphatic rings. The minimum Gasteiger partial charge on any atom is -0.489 e. The summed E-state index contributed by atoms with van der Waals surface area (Å²) in [7, 11) is 0. The Morgan fingerprint density at radius 1 is 1.13 bits per heavy atom. The Morgan fingerprint density at radius 3 is 2.63 bits per heavy atom. The number of hydrogen-bond donors (Lipinski definition) is 1. The smallest absolute Gasteiger partial charge is 0.249 e. The van der Waals surface area contributed by atoms with Crippen LogP contribution in [0.1, 0.15) is 19.4 Å². The molecule has 0 aliphatic carbocycles. The molecule has 3 aromatic heterocycles. The van der Waals surface area contributed by atoms with Crippen LogP contribution in [0.15, 0.2) is 60.8 Å². The summed E-state index contributed by atoms with van der Waals surface area (Å²) in [5.41, 5.74) is 3.40. The van der Waals surface area contributed by atoms with Crippen LogP contribution in [0.25, 0.3) is 16.9 Å². The van der Waals surface area contributed by atoms with Crippen molar-refractivity contribution < 1.29 is 9.53 Å². The van der Waals surface area contributed by atoms with E-state index in [0.717, 1.165) is 22.6 Å². The summed E-state index contributed by atoms with van der Waals surface area (Å²) in [6.07, 6.45) is 1.69. The highest BCUT2D eigenvalue weighted by Crippen LogP contribution is 2.24. The molecule has 0 spiro atoms. The molecule has 1 aromatic carbocycles. The maximum Gasteiger partial charge on any atom is 0.249 e. The standard InChI is InChI=1S/C22H20ClN5O2/c1-14(2)21(29)26-22-25-20-5-3-4-18(28(20)27-22)16-7-9-17(10-8-16)30-13-15-6-11-19(23)24-12-15/h3-12,14H,13H2,1-2H3,(H,26,27,29). The van der Waals surface area contributed by atoms with Gasteiger partial charge in [-0.2, -0.15) is 4.98 Å². The van der Waals surface area contributed by atoms with Gasteiger partial charge in [-0.05, 0) is 42.5 Å². The number of benzene rings is 1. The number of ether oxygens (including phenoxy) is 1. The third-order valence-electron chi connectivity index (χ3n) is 4.46. The Morgan fingerprint density at radius 2 is 1.93 bits per heavy atom. The van der Waals surface area contributed by atoms with Gasteiger partial charge in [0.2, 0.25) is 11.9 Å². The van der Waals surface area contributed by atoms with Crippen molar-refractivity contribution in [1.82, 2.24) is 19.6 Å². The molecule has 0 bridgehead atoms. The van der Waals surface area contributed by atoms with Gasteiger partial charge in [0, 0.05) is 23.2 Å². The van der Waals surface area contributed by atoms with E-state index in [1.807, 2.05) is 62.4 Å². The number of hydrogen-bond acceptors (Lipinski definition) is 5. The van der Waals surface area contributed by atoms with Gasteiger partial charge < -0.3 is 4.74 Å². The first-order valence-corrected chi connectivity index (χ1v) is 9.88. The normalized spacial score (nSPS) is 11.1. The van der Waals surface area contributed by atoms with Gasteiger partial charge >= 0.3 is 0 Å². The quantitative estimate of drug-likeness (QED) is 0.459. The highest BCUT2D eigenvalue weighted by Gasteiger charge is 2.13. The highest BCUT2D eigenvalue weighted by atomic mass is 35.5. The number of amides is 1. The molecule has 4 aromatic rings. The van der Waals surface area contributed by atoms with Crippen molar-refractivity contribution in [3.05, 3.63) is 71.5 Å². The molecule has 30 heavy (non-hydrogen) atoms. The zero-order valence-electron chi connectivity index (χ0n) is 16.5. The maximum absolute atomic E-state index is 11.9. The molecule has 0 atom stereocenters. The second-order valence-electron chi connectivity index (χ2n) is 7.06. The summed E-state index contributed by atoms with van der Waals surface area (Å²) >= 11 is 5.80. The number of anilines is 1. The molecule has 4 rings (SSSR count). The van der Waals surface area contributed by atoms with Crippen LogP contribution >= 0.6 is 11.6 Å². The summed E-state index contributed by atoms with van der Waals surface area (Å²) in [5.74, 6) is 0.763. The van der Waals surface area contributed by atoms with E-state index in [1.165, 1.54) is 0 Å². The van der Waals surface area contributed by atoms with Crippen LogP contribution in [-0.2, 0) is 11.4 Å². The zero-order chi connectivity index (χ0) is 21.1. The Balaban J connectivity index is 1.52. The SMILES string of the molecule is CC(C)C(=O)Nc1nc2cccc(-c3ccc(OCc4ccc(Cl)nc4)cc3)n2n1. The molecule has 0 fully saturated rings. The van der Waals surface area contributed by atoms with Gasteiger partial charge in [-0.3, -0.25) is 10.1 Å². The first kappa shape index (κ1) is 19.8. The van der Waals surface area contributed by atoms with E-state index >= 15 is 0 Å². The van der Waals surface area contributed by atoms with Crippen molar-refractivity contribution in [2.75, 3.05) is 5.32 Å². The Bertz CT molecular complexity index is 1170. The number of nitrogens with zero attached hydrogens (tertiary/aromatic N) is 4. The van der Waals surface area contributed by atoms with Gasteiger partial charge in [0.15, 0.2) is 5.65 Å². The molecule has 1 amide bonds. The number of rotatable bonds is 6. The van der Waals surface area contributed by atoms with Crippen LogP contribution in [-0.4, -0.2) is 25.5 Å². The molecule has 8 heteroatoms. The van der Waals surface area contributed by atoms with Crippen LogP contribution in [0, 0.1) is 5.92 Å². The molecular formula is C22H20ClN5O2. The number of carbonyl (C=O) groups excluding carboxylic acids is 1. The summed E-state index contributed by atoms with van der Waals surface area (Å²) in [6, 6.07) is 17.0. The second kappa shape index (κ2) is 8.51. The number of carbonyl (C=O) groups is 1. The van der Waals surface area contributed by atoms with Crippen molar-refractivity contribution in [2.24, 2.45) is 5.92 Å². The fourth-order valence-corrected chi connectivity index (χ4v) is 2.92. The summed E-state index contributed by atoms with van der Waals surface area (Å²) < 4.78 is 7.53. The molecule has 7 nitrogen and oxygen atoms in total. The summed E-state index contributed by atoms with van der Waals surface area (Å²) in [4.78, 5) is 20.4. The lowest BCUT2D eigenvalue weighted by Crippen LogP contribution is -2.18. The maximum atomic E-state index is 11.9. The van der Waals surface area contributed by atoms with Crippen molar-refractivity contribution in [1.29, 1.82) is 0 Å². The number of halogens is 1. The van der Waals surface area contributed by atoms with Crippen LogP contribution in [0.5, 0.6) is 5.75 Å². The monoisotopic (exact) mass is 421 g/mol. The van der Waals surface area contributed by atoms with Gasteiger partial charge in [0.1, 0.15) is 17.5 Å². The van der Waals surface area contributed by atoms with Gasteiger partial charge in [0.05, 0.1) is 5.69 Å². The number of nitrogens with one attached hydrogen (secondary N) is 1. The molecule has 1 N–H and O–H groups in total. The van der Waals surface area contributed by atoms with Crippen LogP contribution < -0.4 is 10.1 Å². The fraction of sp³-hybridized carbons (Fsp3) is 0.182. The second-order valence-corrected chi connectivity index (χ2v) is 7.45. The van der Waals surface area contributed by atoms with E-state index in [0.29, 0.717) is 17.4 Å².